The second kappa shape index (κ2) is 5.07. The highest BCUT2D eigenvalue weighted by molar-refractivity contribution is 7.90. The van der Waals surface area contributed by atoms with E-state index in [1.54, 1.807) is 24.5 Å². The molecule has 1 heterocycles. The SMILES string of the molecule is NCCCS(=O)(=O)Cc1ccncc1. The minimum atomic E-state index is -3.00. The fourth-order valence-corrected chi connectivity index (χ4v) is 2.56. The molecule has 2 N–H and O–H groups in total. The summed E-state index contributed by atoms with van der Waals surface area (Å²) in [6.45, 7) is 0.412. The highest BCUT2D eigenvalue weighted by Crippen LogP contribution is 2.05. The number of hydrogen-bond donors (Lipinski definition) is 1. The van der Waals surface area contributed by atoms with Gasteiger partial charge < -0.3 is 5.73 Å². The Labute approximate surface area is 84.1 Å². The van der Waals surface area contributed by atoms with Crippen molar-refractivity contribution in [2.24, 2.45) is 5.73 Å². The number of nitrogens with two attached hydrogens (primary N) is 1. The summed E-state index contributed by atoms with van der Waals surface area (Å²) in [5.41, 5.74) is 6.03. The minimum absolute atomic E-state index is 0.0789. The van der Waals surface area contributed by atoms with Gasteiger partial charge in [0.1, 0.15) is 0 Å². The zero-order valence-electron chi connectivity index (χ0n) is 7.89. The first-order valence-corrected chi connectivity index (χ1v) is 6.25. The molecule has 78 valence electrons. The van der Waals surface area contributed by atoms with Crippen LogP contribution in [0, 0.1) is 0 Å². The van der Waals surface area contributed by atoms with Crippen LogP contribution in [-0.2, 0) is 15.6 Å². The summed E-state index contributed by atoms with van der Waals surface area (Å²) in [7, 11) is -3.00. The molecule has 0 saturated heterocycles. The Morgan fingerprint density at radius 2 is 1.93 bits per heavy atom. The summed E-state index contributed by atoms with van der Waals surface area (Å²) in [5.74, 6) is 0.237. The second-order valence-corrected chi connectivity index (χ2v) is 5.27. The lowest BCUT2D eigenvalue weighted by atomic mass is 10.3. The molecular weight excluding hydrogens is 200 g/mol. The molecule has 0 aromatic carbocycles. The third-order valence-electron chi connectivity index (χ3n) is 1.80. The largest absolute Gasteiger partial charge is 0.330 e. The number of aromatic nitrogens is 1. The molecular formula is C9H14N2O2S. The Bertz CT molecular complexity index is 362. The Balaban J connectivity index is 2.60. The van der Waals surface area contributed by atoms with Gasteiger partial charge in [-0.25, -0.2) is 8.42 Å². The van der Waals surface area contributed by atoms with Gasteiger partial charge in [-0.15, -0.1) is 0 Å². The van der Waals surface area contributed by atoms with Gasteiger partial charge in [-0.3, -0.25) is 4.98 Å². The average molecular weight is 214 g/mol. The molecule has 0 saturated carbocycles. The number of pyridine rings is 1. The molecule has 5 heteroatoms. The van der Waals surface area contributed by atoms with Crippen molar-refractivity contribution in [2.75, 3.05) is 12.3 Å². The van der Waals surface area contributed by atoms with Crippen LogP contribution in [0.4, 0.5) is 0 Å². The van der Waals surface area contributed by atoms with E-state index in [2.05, 4.69) is 4.98 Å². The first kappa shape index (κ1) is 11.1. The van der Waals surface area contributed by atoms with E-state index < -0.39 is 9.84 Å². The van der Waals surface area contributed by atoms with Crippen LogP contribution in [0.25, 0.3) is 0 Å². The van der Waals surface area contributed by atoms with E-state index in [1.807, 2.05) is 0 Å². The molecule has 1 rings (SSSR count). The van der Waals surface area contributed by atoms with Gasteiger partial charge in [-0.2, -0.15) is 0 Å². The molecule has 0 aliphatic carbocycles. The van der Waals surface area contributed by atoms with Crippen LogP contribution in [0.3, 0.4) is 0 Å². The molecule has 0 fully saturated rings. The van der Waals surface area contributed by atoms with Gasteiger partial charge in [0.25, 0.3) is 0 Å². The van der Waals surface area contributed by atoms with Crippen LogP contribution in [0.1, 0.15) is 12.0 Å². The maximum absolute atomic E-state index is 11.5. The molecule has 0 aliphatic heterocycles. The highest BCUT2D eigenvalue weighted by Gasteiger charge is 2.10. The molecule has 1 aromatic heterocycles. The van der Waals surface area contributed by atoms with Crippen LogP contribution in [0.15, 0.2) is 24.5 Å². The lowest BCUT2D eigenvalue weighted by Gasteiger charge is -2.02. The monoisotopic (exact) mass is 214 g/mol. The van der Waals surface area contributed by atoms with Gasteiger partial charge in [-0.1, -0.05) is 0 Å². The van der Waals surface area contributed by atoms with E-state index in [1.165, 1.54) is 0 Å². The van der Waals surface area contributed by atoms with Crippen molar-refractivity contribution in [3.05, 3.63) is 30.1 Å². The number of hydrogen-bond acceptors (Lipinski definition) is 4. The lowest BCUT2D eigenvalue weighted by Crippen LogP contribution is -2.13. The molecule has 1 aromatic rings. The van der Waals surface area contributed by atoms with Crippen molar-refractivity contribution >= 4 is 9.84 Å². The van der Waals surface area contributed by atoms with Crippen LogP contribution in [-0.4, -0.2) is 25.7 Å². The van der Waals surface area contributed by atoms with Crippen molar-refractivity contribution in [3.8, 4) is 0 Å². The maximum atomic E-state index is 11.5. The Kier molecular flexibility index (Phi) is 4.03. The van der Waals surface area contributed by atoms with E-state index in [4.69, 9.17) is 5.73 Å². The van der Waals surface area contributed by atoms with Crippen LogP contribution >= 0.6 is 0 Å². The molecule has 0 bridgehead atoms. The van der Waals surface area contributed by atoms with Gasteiger partial charge in [-0.05, 0) is 30.7 Å². The Morgan fingerprint density at radius 3 is 2.50 bits per heavy atom. The summed E-state index contributed by atoms with van der Waals surface area (Å²) in [5, 5.41) is 0. The predicted molar refractivity (Wildman–Crippen MR) is 55.4 cm³/mol. The van der Waals surface area contributed by atoms with Crippen LogP contribution < -0.4 is 5.73 Å². The standard InChI is InChI=1S/C9H14N2O2S/c10-4-1-7-14(12,13)8-9-2-5-11-6-3-9/h2-3,5-6H,1,4,7-8,10H2. The fraction of sp³-hybridized carbons (Fsp3) is 0.444. The highest BCUT2D eigenvalue weighted by atomic mass is 32.2. The molecule has 0 atom stereocenters. The van der Waals surface area contributed by atoms with Gasteiger partial charge in [0.05, 0.1) is 11.5 Å². The Morgan fingerprint density at radius 1 is 1.29 bits per heavy atom. The average Bonchev–Trinajstić information content (AvgIpc) is 2.16. The van der Waals surface area contributed by atoms with Crippen LogP contribution in [0.2, 0.25) is 0 Å². The number of rotatable bonds is 5. The molecule has 0 spiro atoms. The van der Waals surface area contributed by atoms with Crippen molar-refractivity contribution < 1.29 is 8.42 Å². The molecule has 0 aliphatic rings. The van der Waals surface area contributed by atoms with E-state index in [-0.39, 0.29) is 11.5 Å². The maximum Gasteiger partial charge on any atom is 0.154 e. The lowest BCUT2D eigenvalue weighted by molar-refractivity contribution is 0.593. The number of nitrogens with zero attached hydrogens (tertiary/aromatic N) is 1. The summed E-state index contributed by atoms with van der Waals surface area (Å²) >= 11 is 0. The normalized spacial score (nSPS) is 11.5. The molecule has 14 heavy (non-hydrogen) atoms. The predicted octanol–water partition coefficient (Wildman–Crippen LogP) is 0.345. The first-order valence-electron chi connectivity index (χ1n) is 4.43. The van der Waals surface area contributed by atoms with E-state index in [0.717, 1.165) is 5.56 Å². The van der Waals surface area contributed by atoms with Gasteiger partial charge in [0, 0.05) is 12.4 Å². The third-order valence-corrected chi connectivity index (χ3v) is 3.48. The van der Waals surface area contributed by atoms with E-state index in [0.29, 0.717) is 13.0 Å². The second-order valence-electron chi connectivity index (χ2n) is 3.09. The molecule has 0 radical (unpaired) electrons. The summed E-state index contributed by atoms with van der Waals surface area (Å²) in [6, 6.07) is 3.42. The Hall–Kier alpha value is -0.940. The fourth-order valence-electron chi connectivity index (χ4n) is 1.11. The van der Waals surface area contributed by atoms with Crippen LogP contribution in [0.5, 0.6) is 0 Å². The minimum Gasteiger partial charge on any atom is -0.330 e. The van der Waals surface area contributed by atoms with Gasteiger partial charge in [0.2, 0.25) is 0 Å². The first-order chi connectivity index (χ1) is 6.64. The summed E-state index contributed by atoms with van der Waals surface area (Å²) < 4.78 is 23.0. The third kappa shape index (κ3) is 3.85. The van der Waals surface area contributed by atoms with E-state index >= 15 is 0 Å². The van der Waals surface area contributed by atoms with Gasteiger partial charge in [0.15, 0.2) is 9.84 Å². The zero-order valence-corrected chi connectivity index (χ0v) is 8.70. The molecule has 0 unspecified atom stereocenters. The van der Waals surface area contributed by atoms with Crippen molar-refractivity contribution in [3.63, 3.8) is 0 Å². The molecule has 0 amide bonds. The van der Waals surface area contributed by atoms with Crippen molar-refractivity contribution in [1.82, 2.24) is 4.98 Å². The number of sulfone groups is 1. The zero-order chi connectivity index (χ0) is 10.4. The quantitative estimate of drug-likeness (QED) is 0.767. The molecule has 4 nitrogen and oxygen atoms in total. The summed E-state index contributed by atoms with van der Waals surface area (Å²) in [6.07, 6.45) is 3.70. The smallest absolute Gasteiger partial charge is 0.154 e. The van der Waals surface area contributed by atoms with Crippen molar-refractivity contribution in [1.29, 1.82) is 0 Å². The van der Waals surface area contributed by atoms with E-state index in [9.17, 15) is 8.42 Å². The van der Waals surface area contributed by atoms with Gasteiger partial charge >= 0.3 is 0 Å². The summed E-state index contributed by atoms with van der Waals surface area (Å²) in [4.78, 5) is 3.82. The van der Waals surface area contributed by atoms with Crippen molar-refractivity contribution in [2.45, 2.75) is 12.2 Å². The topological polar surface area (TPSA) is 73.1 Å².